The molecule has 7 heteroatoms. The average molecular weight is 304 g/mol. The normalized spacial score (nSPS) is 12.6. The van der Waals surface area contributed by atoms with E-state index in [0.29, 0.717) is 11.1 Å². The molecule has 0 saturated carbocycles. The van der Waals surface area contributed by atoms with E-state index in [1.807, 2.05) is 6.07 Å². The smallest absolute Gasteiger partial charge is 0.218 e. The lowest BCUT2D eigenvalue weighted by Crippen LogP contribution is -2.40. The molecule has 0 aliphatic heterocycles. The zero-order chi connectivity index (χ0) is 13.8. The van der Waals surface area contributed by atoms with Gasteiger partial charge in [0.05, 0.1) is 17.4 Å². The van der Waals surface area contributed by atoms with E-state index in [4.69, 9.17) is 11.0 Å². The first kappa shape index (κ1) is 17.9. The predicted octanol–water partition coefficient (Wildman–Crippen LogP) is 1.09. The molecule has 1 aromatic rings. The second-order valence-corrected chi connectivity index (χ2v) is 6.20. The molecule has 0 amide bonds. The van der Waals surface area contributed by atoms with Crippen molar-refractivity contribution >= 4 is 22.4 Å². The highest BCUT2D eigenvalue weighted by Gasteiger charge is 2.22. The van der Waals surface area contributed by atoms with Crippen molar-refractivity contribution in [2.24, 2.45) is 5.73 Å². The summed E-state index contributed by atoms with van der Waals surface area (Å²) in [5.74, 6) is -0.122. The first-order valence-electron chi connectivity index (χ1n) is 5.55. The molecule has 0 aliphatic rings. The van der Waals surface area contributed by atoms with Crippen LogP contribution in [0.1, 0.15) is 18.1 Å². The van der Waals surface area contributed by atoms with Gasteiger partial charge in [0.2, 0.25) is 10.0 Å². The Morgan fingerprint density at radius 3 is 2.63 bits per heavy atom. The zero-order valence-electron chi connectivity index (χ0n) is 10.9. The van der Waals surface area contributed by atoms with Gasteiger partial charge in [-0.05, 0) is 24.6 Å². The lowest BCUT2D eigenvalue weighted by molar-refractivity contribution is 0.394. The lowest BCUT2D eigenvalue weighted by atomic mass is 10.2. The van der Waals surface area contributed by atoms with Crippen LogP contribution in [-0.2, 0) is 15.8 Å². The number of sulfonamides is 1. The fourth-order valence-electron chi connectivity index (χ4n) is 1.47. The summed E-state index contributed by atoms with van der Waals surface area (Å²) in [6.07, 6.45) is 0. The molecule has 106 valence electrons. The molecular formula is C12H18ClN3O2S. The maximum Gasteiger partial charge on any atom is 0.218 e. The first-order chi connectivity index (χ1) is 8.40. The van der Waals surface area contributed by atoms with Crippen LogP contribution in [0, 0.1) is 11.3 Å². The Labute approximate surface area is 120 Å². The molecule has 1 aromatic carbocycles. The van der Waals surface area contributed by atoms with Crippen molar-refractivity contribution in [3.8, 4) is 6.07 Å². The molecule has 0 radical (unpaired) electrons. The molecule has 2 N–H and O–H groups in total. The van der Waals surface area contributed by atoms with Gasteiger partial charge in [-0.15, -0.1) is 12.4 Å². The highest BCUT2D eigenvalue weighted by atomic mass is 35.5. The summed E-state index contributed by atoms with van der Waals surface area (Å²) in [5, 5.41) is 8.77. The van der Waals surface area contributed by atoms with Crippen molar-refractivity contribution in [3.63, 3.8) is 0 Å². The summed E-state index contributed by atoms with van der Waals surface area (Å²) in [6, 6.07) is 8.34. The topological polar surface area (TPSA) is 87.2 Å². The van der Waals surface area contributed by atoms with Crippen molar-refractivity contribution in [3.05, 3.63) is 35.4 Å². The van der Waals surface area contributed by atoms with Gasteiger partial charge in [-0.25, -0.2) is 12.7 Å². The average Bonchev–Trinajstić information content (AvgIpc) is 2.36. The molecule has 1 rings (SSSR count). The Balaban J connectivity index is 0.00000324. The van der Waals surface area contributed by atoms with Crippen LogP contribution in [-0.4, -0.2) is 32.4 Å². The molecule has 0 bridgehead atoms. The number of benzene rings is 1. The van der Waals surface area contributed by atoms with E-state index in [0.717, 1.165) is 0 Å². The largest absolute Gasteiger partial charge is 0.329 e. The molecule has 0 spiro atoms. The second kappa shape index (κ2) is 7.46. The molecule has 0 aliphatic carbocycles. The van der Waals surface area contributed by atoms with Gasteiger partial charge in [-0.2, -0.15) is 5.26 Å². The van der Waals surface area contributed by atoms with E-state index in [-0.39, 0.29) is 30.7 Å². The minimum absolute atomic E-state index is 0. The number of hydrogen-bond acceptors (Lipinski definition) is 4. The minimum Gasteiger partial charge on any atom is -0.329 e. The molecule has 0 fully saturated rings. The van der Waals surface area contributed by atoms with Gasteiger partial charge in [0.25, 0.3) is 0 Å². The lowest BCUT2D eigenvalue weighted by Gasteiger charge is -2.23. The number of hydrogen-bond donors (Lipinski definition) is 1. The van der Waals surface area contributed by atoms with E-state index < -0.39 is 10.0 Å². The van der Waals surface area contributed by atoms with Crippen LogP contribution in [0.15, 0.2) is 24.3 Å². The van der Waals surface area contributed by atoms with E-state index in [2.05, 4.69) is 0 Å². The Bertz CT molecular complexity index is 554. The second-order valence-electron chi connectivity index (χ2n) is 4.17. The van der Waals surface area contributed by atoms with Gasteiger partial charge in [0, 0.05) is 19.6 Å². The Kier molecular flexibility index (Phi) is 7.01. The summed E-state index contributed by atoms with van der Waals surface area (Å²) >= 11 is 0. The van der Waals surface area contributed by atoms with Gasteiger partial charge in [-0.1, -0.05) is 12.1 Å². The van der Waals surface area contributed by atoms with Gasteiger partial charge in [-0.3, -0.25) is 0 Å². The van der Waals surface area contributed by atoms with Crippen LogP contribution in [0.2, 0.25) is 0 Å². The van der Waals surface area contributed by atoms with Gasteiger partial charge in [0.15, 0.2) is 0 Å². The quantitative estimate of drug-likeness (QED) is 0.882. The number of likely N-dealkylation sites (N-methyl/N-ethyl adjacent to an activating group) is 1. The molecule has 19 heavy (non-hydrogen) atoms. The van der Waals surface area contributed by atoms with Gasteiger partial charge >= 0.3 is 0 Å². The molecule has 0 saturated heterocycles. The van der Waals surface area contributed by atoms with Crippen LogP contribution in [0.25, 0.3) is 0 Å². The fourth-order valence-corrected chi connectivity index (χ4v) is 2.90. The van der Waals surface area contributed by atoms with Crippen molar-refractivity contribution in [1.82, 2.24) is 4.31 Å². The maximum atomic E-state index is 12.1. The number of halogens is 1. The monoisotopic (exact) mass is 303 g/mol. The van der Waals surface area contributed by atoms with Crippen LogP contribution in [0.4, 0.5) is 0 Å². The minimum atomic E-state index is -3.41. The summed E-state index contributed by atoms with van der Waals surface area (Å²) < 4.78 is 25.4. The molecule has 0 heterocycles. The zero-order valence-corrected chi connectivity index (χ0v) is 12.5. The van der Waals surface area contributed by atoms with E-state index in [1.54, 1.807) is 31.2 Å². The van der Waals surface area contributed by atoms with Crippen molar-refractivity contribution in [2.75, 3.05) is 13.6 Å². The standard InChI is InChI=1S/C12H17N3O2S.ClH/c1-10(7-13)15(2)18(16,17)9-12-5-3-4-11(6-12)8-14;/h3-6,10H,7,9,13H2,1-2H3;1H. The van der Waals surface area contributed by atoms with E-state index >= 15 is 0 Å². The van der Waals surface area contributed by atoms with E-state index in [9.17, 15) is 8.42 Å². The Morgan fingerprint density at radius 2 is 2.11 bits per heavy atom. The molecule has 0 aromatic heterocycles. The van der Waals surface area contributed by atoms with Gasteiger partial charge in [0.1, 0.15) is 0 Å². The third-order valence-electron chi connectivity index (χ3n) is 2.81. The Hall–Kier alpha value is -1.13. The Morgan fingerprint density at radius 1 is 1.47 bits per heavy atom. The molecular weight excluding hydrogens is 286 g/mol. The third-order valence-corrected chi connectivity index (χ3v) is 4.74. The molecule has 5 nitrogen and oxygen atoms in total. The van der Waals surface area contributed by atoms with Gasteiger partial charge < -0.3 is 5.73 Å². The van der Waals surface area contributed by atoms with Crippen LogP contribution in [0.5, 0.6) is 0 Å². The van der Waals surface area contributed by atoms with Crippen molar-refractivity contribution in [2.45, 2.75) is 18.7 Å². The number of nitrogens with zero attached hydrogens (tertiary/aromatic N) is 2. The SMILES string of the molecule is CC(CN)N(C)S(=O)(=O)Cc1cccc(C#N)c1.Cl. The predicted molar refractivity (Wildman–Crippen MR) is 77.3 cm³/mol. The van der Waals surface area contributed by atoms with Crippen LogP contribution < -0.4 is 5.73 Å². The fraction of sp³-hybridized carbons (Fsp3) is 0.417. The van der Waals surface area contributed by atoms with Crippen LogP contribution in [0.3, 0.4) is 0 Å². The van der Waals surface area contributed by atoms with Crippen LogP contribution >= 0.6 is 12.4 Å². The highest BCUT2D eigenvalue weighted by Crippen LogP contribution is 2.13. The third kappa shape index (κ3) is 4.80. The summed E-state index contributed by atoms with van der Waals surface area (Å²) in [5.41, 5.74) is 6.52. The maximum absolute atomic E-state index is 12.1. The molecule has 1 atom stereocenters. The molecule has 1 unspecified atom stereocenters. The van der Waals surface area contributed by atoms with Crippen molar-refractivity contribution in [1.29, 1.82) is 5.26 Å². The number of rotatable bonds is 5. The first-order valence-corrected chi connectivity index (χ1v) is 7.16. The summed E-state index contributed by atoms with van der Waals surface area (Å²) in [4.78, 5) is 0. The van der Waals surface area contributed by atoms with Crippen molar-refractivity contribution < 1.29 is 8.42 Å². The van der Waals surface area contributed by atoms with E-state index in [1.165, 1.54) is 11.4 Å². The summed E-state index contributed by atoms with van der Waals surface area (Å²) in [7, 11) is -1.89. The number of nitrogens with two attached hydrogens (primary N) is 1. The summed E-state index contributed by atoms with van der Waals surface area (Å²) in [6.45, 7) is 2.03. The number of nitriles is 1. The highest BCUT2D eigenvalue weighted by molar-refractivity contribution is 7.88.